The lowest BCUT2D eigenvalue weighted by Gasteiger charge is -2.68. The molecule has 0 amide bonds. The van der Waals surface area contributed by atoms with Gasteiger partial charge in [0.15, 0.2) is 18.7 Å². The minimum absolute atomic E-state index is 0.0506. The van der Waals surface area contributed by atoms with Gasteiger partial charge >= 0.3 is 17.9 Å². The number of aliphatic hydroxyl groups excluding tert-OH is 9. The molecule has 1 aromatic rings. The molecule has 0 bridgehead atoms. The summed E-state index contributed by atoms with van der Waals surface area (Å²) in [5, 5.41) is 124. The Kier molecular flexibility index (Phi) is 16.3. The van der Waals surface area contributed by atoms with Gasteiger partial charge in [-0.2, -0.15) is 0 Å². The van der Waals surface area contributed by atoms with Gasteiger partial charge in [-0.05, 0) is 101 Å². The number of ether oxygens (including phenoxy) is 8. The van der Waals surface area contributed by atoms with Crippen molar-refractivity contribution in [1.29, 1.82) is 0 Å². The van der Waals surface area contributed by atoms with E-state index in [9.17, 15) is 65.8 Å². The van der Waals surface area contributed by atoms with E-state index in [0.29, 0.717) is 25.7 Å². The van der Waals surface area contributed by atoms with Gasteiger partial charge in [-0.15, -0.1) is 0 Å². The second-order valence-electron chi connectivity index (χ2n) is 22.7. The number of aliphatic hydroxyl groups is 11. The molecule has 1 aromatic carbocycles. The summed E-state index contributed by atoms with van der Waals surface area (Å²) in [5.74, 6) is -4.86. The molecule has 72 heavy (non-hydrogen) atoms. The first-order valence-corrected chi connectivity index (χ1v) is 25.8. The lowest BCUT2D eigenvalue weighted by Crippen LogP contribution is -2.76. The van der Waals surface area contributed by atoms with Gasteiger partial charge in [-0.25, -0.2) is 4.79 Å². The Labute approximate surface area is 419 Å². The SMILES string of the molecule is CC(C)CC(=O)OC(C)C1CC(OC(=O)c2ccccc2)C2(O)C1(C)CCC1C3(C)CCC(OC4(OCC5OC(OC6C(O)CC(O)OC6C)C(O)C(O)C5O)OC(CO)C(O)C(O)C4O)CC3CCC12O. The number of benzene rings is 1. The fourth-order valence-electron chi connectivity index (χ4n) is 14.1. The molecule has 0 aromatic heterocycles. The molecule has 0 spiro atoms. The van der Waals surface area contributed by atoms with Crippen molar-refractivity contribution >= 4 is 11.9 Å². The van der Waals surface area contributed by atoms with E-state index in [2.05, 4.69) is 6.92 Å². The first-order chi connectivity index (χ1) is 33.8. The van der Waals surface area contributed by atoms with Gasteiger partial charge in [-0.1, -0.05) is 45.9 Å². The van der Waals surface area contributed by atoms with E-state index in [-0.39, 0.29) is 61.9 Å². The number of carbonyl (C=O) groups excluding carboxylic acids is 2. The third-order valence-corrected chi connectivity index (χ3v) is 18.0. The van der Waals surface area contributed by atoms with E-state index in [1.54, 1.807) is 37.3 Å². The van der Waals surface area contributed by atoms with E-state index < -0.39 is 157 Å². The fourth-order valence-corrected chi connectivity index (χ4v) is 14.1. The summed E-state index contributed by atoms with van der Waals surface area (Å²) in [6, 6.07) is 8.40. The predicted molar refractivity (Wildman–Crippen MR) is 246 cm³/mol. The molecule has 24 unspecified atom stereocenters. The van der Waals surface area contributed by atoms with Crippen LogP contribution in [0, 0.1) is 34.5 Å². The zero-order valence-corrected chi connectivity index (χ0v) is 41.9. The summed E-state index contributed by atoms with van der Waals surface area (Å²) in [4.78, 5) is 26.9. The standard InChI is InChI=1S/C51H78O21/c1-24(2)18-36(54)66-25(3)30-20-35(69-45(62)27-10-8-7-9-11-27)50(64)48(30,6)16-14-34-47(5)15-13-29(19-28(47)12-17-49(34,50)63)71-51(44(61)41(59)38(56)32(22-52)72-51)65-23-33-39(57)40(58)42(60)46(68-33)70-43-26(4)67-37(55)21-31(43)53/h7-11,24-26,28-35,37-44,46,52-53,55-61,63-64H,12-23H2,1-6H3. The maximum atomic E-state index is 13.8. The number of carbonyl (C=O) groups is 2. The lowest BCUT2D eigenvalue weighted by molar-refractivity contribution is -0.478. The van der Waals surface area contributed by atoms with Crippen molar-refractivity contribution in [3.8, 4) is 0 Å². The van der Waals surface area contributed by atoms with Crippen LogP contribution >= 0.6 is 0 Å². The molecule has 11 N–H and O–H groups in total. The number of hydrogen-bond acceptors (Lipinski definition) is 21. The summed E-state index contributed by atoms with van der Waals surface area (Å²) >= 11 is 0. The Bertz CT molecular complexity index is 2020. The molecule has 24 atom stereocenters. The average Bonchev–Trinajstić information content (AvgIpc) is 3.56. The van der Waals surface area contributed by atoms with Crippen molar-refractivity contribution in [2.24, 2.45) is 34.5 Å². The molecule has 0 radical (unpaired) electrons. The largest absolute Gasteiger partial charge is 0.462 e. The molecule has 3 aliphatic heterocycles. The first-order valence-electron chi connectivity index (χ1n) is 25.8. The second-order valence-corrected chi connectivity index (χ2v) is 22.7. The normalized spacial score (nSPS) is 48.8. The van der Waals surface area contributed by atoms with Crippen molar-refractivity contribution in [1.82, 2.24) is 0 Å². The smallest absolute Gasteiger partial charge is 0.338 e. The Balaban J connectivity index is 1.03. The van der Waals surface area contributed by atoms with Gasteiger partial charge < -0.3 is 94.1 Å². The fraction of sp³-hybridized carbons (Fsp3) is 0.843. The Hall–Kier alpha value is -2.52. The first kappa shape index (κ1) is 55.7. The van der Waals surface area contributed by atoms with E-state index in [1.165, 1.54) is 6.92 Å². The van der Waals surface area contributed by atoms with Gasteiger partial charge in [0.1, 0.15) is 72.2 Å². The Morgan fingerprint density at radius 2 is 1.50 bits per heavy atom. The molecule has 3 saturated heterocycles. The van der Waals surface area contributed by atoms with E-state index in [1.807, 2.05) is 20.8 Å². The predicted octanol–water partition coefficient (Wildman–Crippen LogP) is -0.101. The lowest BCUT2D eigenvalue weighted by atomic mass is 9.41. The molecule has 3 heterocycles. The third kappa shape index (κ3) is 9.69. The van der Waals surface area contributed by atoms with Crippen LogP contribution < -0.4 is 0 Å². The minimum atomic E-state index is -2.63. The van der Waals surface area contributed by atoms with Crippen LogP contribution in [0.2, 0.25) is 0 Å². The van der Waals surface area contributed by atoms with Crippen LogP contribution in [-0.2, 0) is 42.7 Å². The number of esters is 2. The summed E-state index contributed by atoms with van der Waals surface area (Å²) in [6.07, 6.45) is -21.2. The molecule has 4 aliphatic carbocycles. The second kappa shape index (κ2) is 21.1. The minimum Gasteiger partial charge on any atom is -0.462 e. The summed E-state index contributed by atoms with van der Waals surface area (Å²) in [5.41, 5.74) is -5.24. The van der Waals surface area contributed by atoms with Gasteiger partial charge in [0, 0.05) is 24.2 Å². The van der Waals surface area contributed by atoms with Crippen molar-refractivity contribution in [2.45, 2.75) is 221 Å². The van der Waals surface area contributed by atoms with Crippen LogP contribution in [0.5, 0.6) is 0 Å². The third-order valence-electron chi connectivity index (χ3n) is 18.0. The molecule has 21 heteroatoms. The van der Waals surface area contributed by atoms with Crippen molar-refractivity contribution in [3.05, 3.63) is 35.9 Å². The molecule has 408 valence electrons. The van der Waals surface area contributed by atoms with Crippen molar-refractivity contribution < 1.29 is 104 Å². The Morgan fingerprint density at radius 1 is 0.806 bits per heavy atom. The summed E-state index contributed by atoms with van der Waals surface area (Å²) in [7, 11) is 0. The Morgan fingerprint density at radius 3 is 2.17 bits per heavy atom. The van der Waals surface area contributed by atoms with Gasteiger partial charge in [0.25, 0.3) is 0 Å². The molecular formula is C51H78O21. The van der Waals surface area contributed by atoms with Crippen LogP contribution in [-0.4, -0.2) is 197 Å². The molecule has 7 aliphatic rings. The van der Waals surface area contributed by atoms with Gasteiger partial charge in [-0.3, -0.25) is 4.79 Å². The zero-order valence-electron chi connectivity index (χ0n) is 41.9. The van der Waals surface area contributed by atoms with E-state index >= 15 is 0 Å². The summed E-state index contributed by atoms with van der Waals surface area (Å²) in [6.45, 7) is 9.47. The van der Waals surface area contributed by atoms with Crippen molar-refractivity contribution in [2.75, 3.05) is 13.2 Å². The van der Waals surface area contributed by atoms with E-state index in [0.717, 1.165) is 0 Å². The van der Waals surface area contributed by atoms with Gasteiger partial charge in [0.2, 0.25) is 0 Å². The highest BCUT2D eigenvalue weighted by atomic mass is 16.9. The maximum Gasteiger partial charge on any atom is 0.338 e. The highest BCUT2D eigenvalue weighted by Crippen LogP contribution is 2.71. The average molecular weight is 1030 g/mol. The van der Waals surface area contributed by atoms with Crippen LogP contribution in [0.15, 0.2) is 30.3 Å². The van der Waals surface area contributed by atoms with Crippen molar-refractivity contribution in [3.63, 3.8) is 0 Å². The van der Waals surface area contributed by atoms with E-state index in [4.69, 9.17) is 37.9 Å². The maximum absolute atomic E-state index is 13.8. The molecule has 21 nitrogen and oxygen atoms in total. The van der Waals surface area contributed by atoms with Crippen LogP contribution in [0.25, 0.3) is 0 Å². The monoisotopic (exact) mass is 1030 g/mol. The molecule has 7 fully saturated rings. The highest BCUT2D eigenvalue weighted by Gasteiger charge is 2.79. The molecule has 8 rings (SSSR count). The topological polar surface area (TPSA) is 331 Å². The summed E-state index contributed by atoms with van der Waals surface area (Å²) < 4.78 is 48.1. The van der Waals surface area contributed by atoms with Gasteiger partial charge in [0.05, 0.1) is 37.1 Å². The zero-order chi connectivity index (χ0) is 52.5. The van der Waals surface area contributed by atoms with Crippen LogP contribution in [0.1, 0.15) is 116 Å². The highest BCUT2D eigenvalue weighted by molar-refractivity contribution is 5.89. The number of fused-ring (bicyclic) bond motifs is 5. The number of rotatable bonds is 14. The number of hydrogen-bond donors (Lipinski definition) is 11. The molecular weight excluding hydrogens is 949 g/mol. The van der Waals surface area contributed by atoms with Crippen LogP contribution in [0.3, 0.4) is 0 Å². The quantitative estimate of drug-likeness (QED) is 0.0658. The molecule has 4 saturated carbocycles. The van der Waals surface area contributed by atoms with Crippen LogP contribution in [0.4, 0.5) is 0 Å².